The summed E-state index contributed by atoms with van der Waals surface area (Å²) in [6.07, 6.45) is -1.78. The van der Waals surface area contributed by atoms with Crippen LogP contribution < -0.4 is 11.5 Å². The van der Waals surface area contributed by atoms with Crippen molar-refractivity contribution < 1.29 is 29.0 Å². The van der Waals surface area contributed by atoms with Crippen molar-refractivity contribution >= 4 is 23.9 Å². The molecule has 0 radical (unpaired) electrons. The number of hydrogen-bond donors (Lipinski definition) is 3. The first-order valence-corrected chi connectivity index (χ1v) is 7.10. The number of benzene rings is 1. The lowest BCUT2D eigenvalue weighted by Crippen LogP contribution is -2.51. The molecule has 0 fully saturated rings. The van der Waals surface area contributed by atoms with Gasteiger partial charge in [0, 0.05) is 6.42 Å². The molecule has 0 saturated heterocycles. The topological polar surface area (TPSA) is 153 Å². The molecule has 0 aromatic heterocycles. The molecule has 1 unspecified atom stereocenters. The lowest BCUT2D eigenvalue weighted by molar-refractivity contribution is -0.148. The SMILES string of the molecule is NCC(=O)N(C(=O)OCc1ccccc1)C(CCC(N)=O)C(=O)O. The maximum Gasteiger partial charge on any atom is 0.417 e. The number of carbonyl (C=O) groups excluding carboxylic acids is 3. The highest BCUT2D eigenvalue weighted by Crippen LogP contribution is 2.12. The summed E-state index contributed by atoms with van der Waals surface area (Å²) in [4.78, 5) is 46.7. The molecule has 0 aliphatic heterocycles. The van der Waals surface area contributed by atoms with Gasteiger partial charge in [-0.15, -0.1) is 0 Å². The van der Waals surface area contributed by atoms with E-state index in [9.17, 15) is 24.3 Å². The molecule has 1 aromatic carbocycles. The average Bonchev–Trinajstić information content (AvgIpc) is 2.56. The Kier molecular flexibility index (Phi) is 7.37. The van der Waals surface area contributed by atoms with Crippen LogP contribution in [0.2, 0.25) is 0 Å². The number of carboxylic acid groups (broad SMARTS) is 1. The number of primary amides is 1. The maximum absolute atomic E-state index is 12.2. The molecule has 0 aliphatic rings. The minimum absolute atomic E-state index is 0.143. The van der Waals surface area contributed by atoms with Gasteiger partial charge in [-0.1, -0.05) is 30.3 Å². The van der Waals surface area contributed by atoms with Crippen LogP contribution in [0.4, 0.5) is 4.79 Å². The van der Waals surface area contributed by atoms with Gasteiger partial charge in [0.1, 0.15) is 12.6 Å². The molecule has 24 heavy (non-hydrogen) atoms. The number of carbonyl (C=O) groups is 4. The van der Waals surface area contributed by atoms with Crippen LogP contribution >= 0.6 is 0 Å². The number of carboxylic acids is 1. The van der Waals surface area contributed by atoms with Crippen molar-refractivity contribution in [2.45, 2.75) is 25.5 Å². The second-order valence-electron chi connectivity index (χ2n) is 4.87. The standard InChI is InChI=1S/C15H19N3O6/c16-8-13(20)18(11(14(21)22)6-7-12(17)19)15(23)24-9-10-4-2-1-3-5-10/h1-5,11H,6-9,16H2,(H2,17,19)(H,21,22). The lowest BCUT2D eigenvalue weighted by Gasteiger charge is -2.25. The third-order valence-electron chi connectivity index (χ3n) is 3.11. The third kappa shape index (κ3) is 5.69. The van der Waals surface area contributed by atoms with Crippen LogP contribution in [0.1, 0.15) is 18.4 Å². The van der Waals surface area contributed by atoms with Crippen LogP contribution in [0, 0.1) is 0 Å². The fourth-order valence-corrected chi connectivity index (χ4v) is 1.93. The Balaban J connectivity index is 2.88. The second-order valence-corrected chi connectivity index (χ2v) is 4.87. The average molecular weight is 337 g/mol. The number of aliphatic carboxylic acids is 1. The van der Waals surface area contributed by atoms with Crippen LogP contribution in [-0.4, -0.2) is 46.5 Å². The molecular formula is C15H19N3O6. The highest BCUT2D eigenvalue weighted by molar-refractivity contribution is 5.97. The molecule has 9 heteroatoms. The van der Waals surface area contributed by atoms with Gasteiger partial charge in [0.2, 0.25) is 11.8 Å². The highest BCUT2D eigenvalue weighted by Gasteiger charge is 2.35. The smallest absolute Gasteiger partial charge is 0.417 e. The van der Waals surface area contributed by atoms with E-state index in [1.54, 1.807) is 30.3 Å². The minimum Gasteiger partial charge on any atom is -0.480 e. The third-order valence-corrected chi connectivity index (χ3v) is 3.11. The number of imide groups is 1. The predicted octanol–water partition coefficient (Wildman–Crippen LogP) is -0.171. The summed E-state index contributed by atoms with van der Waals surface area (Å²) in [6.45, 7) is -0.725. The molecule has 1 rings (SSSR count). The summed E-state index contributed by atoms with van der Waals surface area (Å²) < 4.78 is 4.98. The zero-order valence-electron chi connectivity index (χ0n) is 12.9. The van der Waals surface area contributed by atoms with Crippen LogP contribution in [0.25, 0.3) is 0 Å². The first-order chi connectivity index (χ1) is 11.4. The van der Waals surface area contributed by atoms with Gasteiger partial charge in [0.05, 0.1) is 6.54 Å². The summed E-state index contributed by atoms with van der Waals surface area (Å²) in [5.74, 6) is -3.14. The molecule has 0 heterocycles. The van der Waals surface area contributed by atoms with Crippen molar-refractivity contribution in [1.29, 1.82) is 0 Å². The largest absolute Gasteiger partial charge is 0.480 e. The van der Waals surface area contributed by atoms with E-state index < -0.39 is 36.5 Å². The van der Waals surface area contributed by atoms with Gasteiger partial charge in [0.15, 0.2) is 0 Å². The molecule has 0 spiro atoms. The van der Waals surface area contributed by atoms with Crippen molar-refractivity contribution in [2.24, 2.45) is 11.5 Å². The van der Waals surface area contributed by atoms with Gasteiger partial charge in [-0.05, 0) is 12.0 Å². The van der Waals surface area contributed by atoms with E-state index in [0.29, 0.717) is 10.5 Å². The summed E-state index contributed by atoms with van der Waals surface area (Å²) in [5, 5.41) is 9.24. The van der Waals surface area contributed by atoms with Crippen molar-refractivity contribution in [2.75, 3.05) is 6.54 Å². The van der Waals surface area contributed by atoms with Gasteiger partial charge in [-0.2, -0.15) is 0 Å². The Hall–Kier alpha value is -2.94. The highest BCUT2D eigenvalue weighted by atomic mass is 16.6. The second kappa shape index (κ2) is 9.26. The molecule has 1 aromatic rings. The zero-order chi connectivity index (χ0) is 18.1. The fraction of sp³-hybridized carbons (Fsp3) is 0.333. The predicted molar refractivity (Wildman–Crippen MR) is 82.4 cm³/mol. The van der Waals surface area contributed by atoms with Gasteiger partial charge in [-0.25, -0.2) is 14.5 Å². The van der Waals surface area contributed by atoms with Crippen molar-refractivity contribution in [3.63, 3.8) is 0 Å². The quantitative estimate of drug-likeness (QED) is 0.595. The summed E-state index contributed by atoms with van der Waals surface area (Å²) in [5.41, 5.74) is 10.9. The lowest BCUT2D eigenvalue weighted by atomic mass is 10.1. The summed E-state index contributed by atoms with van der Waals surface area (Å²) in [6, 6.07) is 7.06. The number of hydrogen-bond acceptors (Lipinski definition) is 6. The van der Waals surface area contributed by atoms with Crippen molar-refractivity contribution in [1.82, 2.24) is 4.90 Å². The number of ether oxygens (including phenoxy) is 1. The van der Waals surface area contributed by atoms with E-state index in [1.807, 2.05) is 0 Å². The maximum atomic E-state index is 12.2. The normalized spacial score (nSPS) is 11.4. The number of amides is 3. The van der Waals surface area contributed by atoms with E-state index >= 15 is 0 Å². The fourth-order valence-electron chi connectivity index (χ4n) is 1.93. The molecule has 3 amide bonds. The Bertz CT molecular complexity index is 604. The van der Waals surface area contributed by atoms with Crippen LogP contribution in [-0.2, 0) is 25.7 Å². The number of nitrogens with zero attached hydrogens (tertiary/aromatic N) is 1. The van der Waals surface area contributed by atoms with Gasteiger partial charge < -0.3 is 21.3 Å². The van der Waals surface area contributed by atoms with Gasteiger partial charge in [-0.3, -0.25) is 9.59 Å². The molecule has 0 bridgehead atoms. The van der Waals surface area contributed by atoms with Crippen molar-refractivity contribution in [3.8, 4) is 0 Å². The first-order valence-electron chi connectivity index (χ1n) is 7.10. The first kappa shape index (κ1) is 19.1. The summed E-state index contributed by atoms with van der Waals surface area (Å²) in [7, 11) is 0. The van der Waals surface area contributed by atoms with E-state index in [1.165, 1.54) is 0 Å². The van der Waals surface area contributed by atoms with E-state index in [0.717, 1.165) is 0 Å². The monoisotopic (exact) mass is 337 g/mol. The van der Waals surface area contributed by atoms with Crippen LogP contribution in [0.5, 0.6) is 0 Å². The molecule has 5 N–H and O–H groups in total. The Labute approximate surface area is 138 Å². The summed E-state index contributed by atoms with van der Waals surface area (Å²) >= 11 is 0. The van der Waals surface area contributed by atoms with Crippen LogP contribution in [0.15, 0.2) is 30.3 Å². The number of rotatable bonds is 8. The molecule has 0 aliphatic carbocycles. The molecular weight excluding hydrogens is 318 g/mol. The molecule has 9 nitrogen and oxygen atoms in total. The van der Waals surface area contributed by atoms with E-state index in [2.05, 4.69) is 0 Å². The molecule has 130 valence electrons. The molecule has 0 saturated carbocycles. The van der Waals surface area contributed by atoms with Crippen LogP contribution in [0.3, 0.4) is 0 Å². The minimum atomic E-state index is -1.59. The number of nitrogens with two attached hydrogens (primary N) is 2. The van der Waals surface area contributed by atoms with E-state index in [4.69, 9.17) is 16.2 Å². The molecule has 1 atom stereocenters. The Morgan fingerprint density at radius 3 is 2.29 bits per heavy atom. The van der Waals surface area contributed by atoms with Gasteiger partial charge >= 0.3 is 12.1 Å². The van der Waals surface area contributed by atoms with E-state index in [-0.39, 0.29) is 19.4 Å². The van der Waals surface area contributed by atoms with Crippen molar-refractivity contribution in [3.05, 3.63) is 35.9 Å². The Morgan fingerprint density at radius 2 is 1.79 bits per heavy atom. The van der Waals surface area contributed by atoms with Gasteiger partial charge in [0.25, 0.3) is 0 Å². The zero-order valence-corrected chi connectivity index (χ0v) is 12.9. The Morgan fingerprint density at radius 1 is 1.17 bits per heavy atom.